The van der Waals surface area contributed by atoms with E-state index in [0.717, 1.165) is 6.92 Å². The van der Waals surface area contributed by atoms with Crippen LogP contribution in [0.5, 0.6) is 0 Å². The average molecular weight is 322 g/mol. The van der Waals surface area contributed by atoms with Gasteiger partial charge in [-0.2, -0.15) is 26.3 Å². The van der Waals surface area contributed by atoms with Gasteiger partial charge in [0.05, 0.1) is 0 Å². The molecule has 0 amide bonds. The first-order valence-electron chi connectivity index (χ1n) is 4.30. The predicted molar refractivity (Wildman–Crippen MR) is 48.6 cm³/mol. The molecule has 4 nitrogen and oxygen atoms in total. The highest BCUT2D eigenvalue weighted by Crippen LogP contribution is 2.37. The molecular formula is C6H8F6O4S2. The number of rotatable bonds is 4. The first-order valence-corrected chi connectivity index (χ1v) is 7.39. The van der Waals surface area contributed by atoms with Gasteiger partial charge < -0.3 is 0 Å². The van der Waals surface area contributed by atoms with E-state index in [0.29, 0.717) is 0 Å². The van der Waals surface area contributed by atoms with Crippen LogP contribution in [-0.2, 0) is 19.7 Å². The summed E-state index contributed by atoms with van der Waals surface area (Å²) in [7, 11) is -12.9. The second-order valence-corrected chi connectivity index (χ2v) is 7.74. The lowest BCUT2D eigenvalue weighted by atomic mass is 10.4. The summed E-state index contributed by atoms with van der Waals surface area (Å²) < 4.78 is 112. The number of hydrogen-bond donors (Lipinski definition) is 0. The highest BCUT2D eigenvalue weighted by atomic mass is 32.3. The third-order valence-electron chi connectivity index (χ3n) is 1.86. The Labute approximate surface area is 98.8 Å². The Kier molecular flexibility index (Phi) is 4.73. The zero-order valence-corrected chi connectivity index (χ0v) is 10.3. The van der Waals surface area contributed by atoms with E-state index in [2.05, 4.69) is 0 Å². The molecule has 0 atom stereocenters. The molecule has 110 valence electrons. The van der Waals surface area contributed by atoms with E-state index in [9.17, 15) is 43.2 Å². The third kappa shape index (κ3) is 3.08. The minimum atomic E-state index is -6.45. The SMILES string of the molecule is CCCC(S(=O)(=O)C(F)(F)F)S(=O)(=O)C(F)(F)F. The van der Waals surface area contributed by atoms with Crippen LogP contribution in [0, 0.1) is 0 Å². The summed E-state index contributed by atoms with van der Waals surface area (Å²) in [5.41, 5.74) is -12.1. The number of hydrogen-bond acceptors (Lipinski definition) is 4. The summed E-state index contributed by atoms with van der Waals surface area (Å²) in [5.74, 6) is 0. The highest BCUT2D eigenvalue weighted by molar-refractivity contribution is 8.09. The largest absolute Gasteiger partial charge is 0.498 e. The summed E-state index contributed by atoms with van der Waals surface area (Å²) in [5, 5.41) is 0. The van der Waals surface area contributed by atoms with Crippen LogP contribution in [0.15, 0.2) is 0 Å². The molecule has 0 N–H and O–H groups in total. The maximum atomic E-state index is 12.1. The molecule has 0 aliphatic heterocycles. The van der Waals surface area contributed by atoms with E-state index in [1.165, 1.54) is 0 Å². The van der Waals surface area contributed by atoms with E-state index in [1.54, 1.807) is 0 Å². The van der Waals surface area contributed by atoms with Gasteiger partial charge in [0, 0.05) is 0 Å². The molecule has 0 fully saturated rings. The van der Waals surface area contributed by atoms with Crippen molar-refractivity contribution in [2.24, 2.45) is 0 Å². The molecule has 0 spiro atoms. The first kappa shape index (κ1) is 17.5. The van der Waals surface area contributed by atoms with Crippen LogP contribution in [0.1, 0.15) is 19.8 Å². The van der Waals surface area contributed by atoms with Gasteiger partial charge in [0.25, 0.3) is 19.7 Å². The van der Waals surface area contributed by atoms with Crippen molar-refractivity contribution in [3.8, 4) is 0 Å². The van der Waals surface area contributed by atoms with Gasteiger partial charge in [0.15, 0.2) is 4.58 Å². The van der Waals surface area contributed by atoms with Crippen molar-refractivity contribution in [2.75, 3.05) is 0 Å². The van der Waals surface area contributed by atoms with Gasteiger partial charge in [-0.05, 0) is 6.42 Å². The number of alkyl halides is 6. The van der Waals surface area contributed by atoms with Gasteiger partial charge >= 0.3 is 11.0 Å². The Hall–Kier alpha value is -0.520. The van der Waals surface area contributed by atoms with E-state index < -0.39 is 48.1 Å². The Bertz CT molecular complexity index is 441. The van der Waals surface area contributed by atoms with Crippen LogP contribution in [0.3, 0.4) is 0 Å². The maximum absolute atomic E-state index is 12.1. The van der Waals surface area contributed by atoms with Crippen molar-refractivity contribution < 1.29 is 43.2 Å². The molecule has 0 aromatic rings. The minimum absolute atomic E-state index is 0.477. The van der Waals surface area contributed by atoms with Crippen LogP contribution in [0.25, 0.3) is 0 Å². The van der Waals surface area contributed by atoms with Crippen LogP contribution in [0.2, 0.25) is 0 Å². The zero-order chi connectivity index (χ0) is 15.0. The lowest BCUT2D eigenvalue weighted by molar-refractivity contribution is -0.0472. The summed E-state index contributed by atoms with van der Waals surface area (Å²) in [6.45, 7) is 1.06. The Morgan fingerprint density at radius 3 is 1.28 bits per heavy atom. The molecule has 12 heteroatoms. The van der Waals surface area contributed by atoms with Crippen molar-refractivity contribution >= 4 is 19.7 Å². The normalized spacial score (nSPS) is 15.1. The van der Waals surface area contributed by atoms with Gasteiger partial charge in [-0.15, -0.1) is 0 Å². The van der Waals surface area contributed by atoms with E-state index in [1.807, 2.05) is 0 Å². The van der Waals surface area contributed by atoms with E-state index >= 15 is 0 Å². The Morgan fingerprint density at radius 2 is 1.11 bits per heavy atom. The molecule has 18 heavy (non-hydrogen) atoms. The third-order valence-corrected chi connectivity index (χ3v) is 6.53. The highest BCUT2D eigenvalue weighted by Gasteiger charge is 2.62. The first-order chi connectivity index (χ1) is 7.69. The van der Waals surface area contributed by atoms with Gasteiger partial charge in [-0.3, -0.25) is 0 Å². The fourth-order valence-electron chi connectivity index (χ4n) is 1.01. The van der Waals surface area contributed by atoms with Crippen molar-refractivity contribution in [3.05, 3.63) is 0 Å². The van der Waals surface area contributed by atoms with Gasteiger partial charge in [0.2, 0.25) is 0 Å². The standard InChI is InChI=1S/C6H8F6O4S2/c1-2-3-4(17(13,14)5(7,8)9)18(15,16)6(10,11)12/h4H,2-3H2,1H3. The van der Waals surface area contributed by atoms with Crippen molar-refractivity contribution in [1.82, 2.24) is 0 Å². The Balaban J connectivity index is 5.95. The van der Waals surface area contributed by atoms with E-state index in [4.69, 9.17) is 0 Å². The monoisotopic (exact) mass is 322 g/mol. The molecule has 0 rings (SSSR count). The lowest BCUT2D eigenvalue weighted by Gasteiger charge is -2.20. The van der Waals surface area contributed by atoms with Crippen molar-refractivity contribution in [2.45, 2.75) is 35.4 Å². The molecule has 0 bridgehead atoms. The molecule has 0 aromatic carbocycles. The molecule has 0 aliphatic carbocycles. The average Bonchev–Trinajstić information content (AvgIpc) is 2.09. The van der Waals surface area contributed by atoms with Crippen LogP contribution in [-0.4, -0.2) is 32.4 Å². The fourth-order valence-corrected chi connectivity index (χ4v) is 4.69. The van der Waals surface area contributed by atoms with Crippen molar-refractivity contribution in [1.29, 1.82) is 0 Å². The number of halogens is 6. The molecule has 0 saturated carbocycles. The predicted octanol–water partition coefficient (Wildman–Crippen LogP) is 1.98. The smallest absolute Gasteiger partial charge is 0.218 e. The van der Waals surface area contributed by atoms with Crippen LogP contribution < -0.4 is 0 Å². The maximum Gasteiger partial charge on any atom is 0.498 e. The summed E-state index contributed by atoms with van der Waals surface area (Å²) in [4.78, 5) is 0. The van der Waals surface area contributed by atoms with Gasteiger partial charge in [-0.1, -0.05) is 13.3 Å². The molecule has 0 heterocycles. The second kappa shape index (κ2) is 4.87. The van der Waals surface area contributed by atoms with Gasteiger partial charge in [0.1, 0.15) is 0 Å². The van der Waals surface area contributed by atoms with Gasteiger partial charge in [-0.25, -0.2) is 16.8 Å². The van der Waals surface area contributed by atoms with Crippen LogP contribution in [0.4, 0.5) is 26.3 Å². The summed E-state index contributed by atoms with van der Waals surface area (Å²) in [6, 6.07) is 0. The summed E-state index contributed by atoms with van der Waals surface area (Å²) in [6.07, 6.45) is -1.76. The van der Waals surface area contributed by atoms with E-state index in [-0.39, 0.29) is 0 Å². The topological polar surface area (TPSA) is 68.3 Å². The molecule has 0 radical (unpaired) electrons. The minimum Gasteiger partial charge on any atom is -0.218 e. The molecule has 0 saturated heterocycles. The second-order valence-electron chi connectivity index (χ2n) is 3.20. The molecule has 0 aromatic heterocycles. The molecule has 0 unspecified atom stereocenters. The molecular weight excluding hydrogens is 314 g/mol. The number of sulfone groups is 2. The zero-order valence-electron chi connectivity index (χ0n) is 8.71. The molecule has 0 aliphatic rings. The summed E-state index contributed by atoms with van der Waals surface area (Å²) >= 11 is 0. The lowest BCUT2D eigenvalue weighted by Crippen LogP contribution is -2.44. The van der Waals surface area contributed by atoms with Crippen LogP contribution >= 0.6 is 0 Å². The quantitative estimate of drug-likeness (QED) is 0.742. The van der Waals surface area contributed by atoms with Crippen molar-refractivity contribution in [3.63, 3.8) is 0 Å². The fraction of sp³-hybridized carbons (Fsp3) is 1.00. The Morgan fingerprint density at radius 1 is 0.833 bits per heavy atom.